The van der Waals surface area contributed by atoms with Crippen LogP contribution in [0.3, 0.4) is 0 Å². The van der Waals surface area contributed by atoms with Crippen LogP contribution >= 0.6 is 0 Å². The Bertz CT molecular complexity index is 395. The third-order valence-corrected chi connectivity index (χ3v) is 1.66. The molecule has 1 N–H and O–H groups in total. The summed E-state index contributed by atoms with van der Waals surface area (Å²) < 4.78 is 1.78. The van der Waals surface area contributed by atoms with Gasteiger partial charge in [-0.1, -0.05) is 13.8 Å². The monoisotopic (exact) mass is 179 g/mol. The van der Waals surface area contributed by atoms with Crippen LogP contribution in [0.5, 0.6) is 5.88 Å². The average Bonchev–Trinajstić information content (AvgIpc) is 2.63. The predicted molar refractivity (Wildman–Crippen MR) is 50.7 cm³/mol. The Morgan fingerprint density at radius 2 is 2.00 bits per heavy atom. The summed E-state index contributed by atoms with van der Waals surface area (Å²) >= 11 is 0. The molecule has 0 aliphatic rings. The lowest BCUT2D eigenvalue weighted by Crippen LogP contribution is -1.91. The van der Waals surface area contributed by atoms with Crippen LogP contribution in [0, 0.1) is 6.92 Å². The predicted octanol–water partition coefficient (Wildman–Crippen LogP) is 1.77. The van der Waals surface area contributed by atoms with Crippen LogP contribution < -0.4 is 0 Å². The molecule has 2 rings (SSSR count). The van der Waals surface area contributed by atoms with E-state index in [1.165, 1.54) is 6.20 Å². The Hall–Kier alpha value is -1.58. The average molecular weight is 179 g/mol. The minimum absolute atomic E-state index is 0.0514. The van der Waals surface area contributed by atoms with Crippen molar-refractivity contribution in [1.29, 1.82) is 0 Å². The van der Waals surface area contributed by atoms with E-state index in [1.807, 2.05) is 13.8 Å². The van der Waals surface area contributed by atoms with E-state index >= 15 is 0 Å². The van der Waals surface area contributed by atoms with Crippen LogP contribution in [-0.2, 0) is 0 Å². The second-order valence-electron chi connectivity index (χ2n) is 2.32. The van der Waals surface area contributed by atoms with E-state index in [0.29, 0.717) is 5.69 Å². The molecule has 2 aromatic rings. The normalized spacial score (nSPS) is 9.46. The number of aryl methyl sites for hydroxylation is 1. The number of rotatable bonds is 0. The molecule has 0 aliphatic heterocycles. The summed E-state index contributed by atoms with van der Waals surface area (Å²) in [6.45, 7) is 5.79. The molecule has 0 radical (unpaired) electrons. The van der Waals surface area contributed by atoms with Crippen molar-refractivity contribution >= 4 is 5.65 Å². The molecule has 0 bridgehead atoms. The quantitative estimate of drug-likeness (QED) is 0.670. The fraction of sp³-hybridized carbons (Fsp3) is 0.333. The molecule has 4 nitrogen and oxygen atoms in total. The van der Waals surface area contributed by atoms with Gasteiger partial charge in [-0.2, -0.15) is 0 Å². The first-order chi connectivity index (χ1) is 6.29. The largest absolute Gasteiger partial charge is 0.492 e. The van der Waals surface area contributed by atoms with Crippen molar-refractivity contribution in [3.05, 3.63) is 24.3 Å². The van der Waals surface area contributed by atoms with E-state index in [4.69, 9.17) is 0 Å². The minimum Gasteiger partial charge on any atom is -0.492 e. The Morgan fingerprint density at radius 1 is 1.31 bits per heavy atom. The molecule has 0 saturated carbocycles. The van der Waals surface area contributed by atoms with Gasteiger partial charge in [0.1, 0.15) is 0 Å². The Labute approximate surface area is 76.9 Å². The summed E-state index contributed by atoms with van der Waals surface area (Å²) in [6.07, 6.45) is 4.98. The summed E-state index contributed by atoms with van der Waals surface area (Å²) in [7, 11) is 0. The third-order valence-electron chi connectivity index (χ3n) is 1.66. The first-order valence-corrected chi connectivity index (χ1v) is 4.26. The van der Waals surface area contributed by atoms with Crippen molar-refractivity contribution in [2.75, 3.05) is 0 Å². The van der Waals surface area contributed by atoms with Gasteiger partial charge < -0.3 is 5.11 Å². The van der Waals surface area contributed by atoms with E-state index in [1.54, 1.807) is 23.7 Å². The molecule has 13 heavy (non-hydrogen) atoms. The van der Waals surface area contributed by atoms with Gasteiger partial charge in [-0.05, 0) is 6.92 Å². The Morgan fingerprint density at radius 3 is 2.69 bits per heavy atom. The van der Waals surface area contributed by atoms with Crippen LogP contribution in [0.15, 0.2) is 18.6 Å². The van der Waals surface area contributed by atoms with Gasteiger partial charge >= 0.3 is 0 Å². The van der Waals surface area contributed by atoms with Crippen LogP contribution in [0.2, 0.25) is 0 Å². The fourth-order valence-electron chi connectivity index (χ4n) is 1.01. The van der Waals surface area contributed by atoms with E-state index < -0.39 is 0 Å². The molecule has 2 aromatic heterocycles. The highest BCUT2D eigenvalue weighted by molar-refractivity contribution is 5.39. The standard InChI is InChI=1S/C7H7N3O.C2H6/c1-5-7(11)9-4-6-8-2-3-10(5)6;1-2/h2-4,11H,1H3;1-2H3. The van der Waals surface area contributed by atoms with E-state index in [0.717, 1.165) is 5.65 Å². The molecule has 0 amide bonds. The number of imidazole rings is 1. The van der Waals surface area contributed by atoms with Crippen molar-refractivity contribution in [3.63, 3.8) is 0 Å². The van der Waals surface area contributed by atoms with Gasteiger partial charge in [0, 0.05) is 12.4 Å². The molecule has 4 heteroatoms. The number of aromatic nitrogens is 3. The second-order valence-corrected chi connectivity index (χ2v) is 2.32. The molecule has 0 unspecified atom stereocenters. The summed E-state index contributed by atoms with van der Waals surface area (Å²) in [4.78, 5) is 7.76. The van der Waals surface area contributed by atoms with Crippen molar-refractivity contribution in [1.82, 2.24) is 14.4 Å². The molecule has 0 saturated heterocycles. The second kappa shape index (κ2) is 3.89. The number of aromatic hydroxyl groups is 1. The summed E-state index contributed by atoms with van der Waals surface area (Å²) in [5, 5.41) is 9.18. The summed E-state index contributed by atoms with van der Waals surface area (Å²) in [5.41, 5.74) is 1.46. The maximum Gasteiger partial charge on any atom is 0.231 e. The molecular formula is C9H13N3O. The van der Waals surface area contributed by atoms with Gasteiger partial charge in [0.05, 0.1) is 11.9 Å². The molecule has 0 aliphatic carbocycles. The molecule has 0 fully saturated rings. The number of nitrogens with zero attached hydrogens (tertiary/aromatic N) is 3. The fourth-order valence-corrected chi connectivity index (χ4v) is 1.01. The van der Waals surface area contributed by atoms with E-state index in [-0.39, 0.29) is 5.88 Å². The van der Waals surface area contributed by atoms with Crippen molar-refractivity contribution in [2.24, 2.45) is 0 Å². The molecule has 0 atom stereocenters. The third kappa shape index (κ3) is 1.61. The number of fused-ring (bicyclic) bond motifs is 1. The first-order valence-electron chi connectivity index (χ1n) is 4.26. The van der Waals surface area contributed by atoms with Gasteiger partial charge in [-0.15, -0.1) is 0 Å². The van der Waals surface area contributed by atoms with Crippen LogP contribution in [0.4, 0.5) is 0 Å². The highest BCUT2D eigenvalue weighted by Crippen LogP contribution is 2.12. The molecule has 0 aromatic carbocycles. The summed E-state index contributed by atoms with van der Waals surface area (Å²) in [6, 6.07) is 0. The molecule has 2 heterocycles. The SMILES string of the molecule is CC.Cc1c(O)ncc2nccn12. The van der Waals surface area contributed by atoms with E-state index in [2.05, 4.69) is 9.97 Å². The smallest absolute Gasteiger partial charge is 0.231 e. The lowest BCUT2D eigenvalue weighted by molar-refractivity contribution is 0.444. The van der Waals surface area contributed by atoms with Gasteiger partial charge in [0.25, 0.3) is 0 Å². The zero-order valence-electron chi connectivity index (χ0n) is 8.02. The number of hydrogen-bond acceptors (Lipinski definition) is 3. The highest BCUT2D eigenvalue weighted by atomic mass is 16.3. The maximum absolute atomic E-state index is 9.18. The lowest BCUT2D eigenvalue weighted by atomic mass is 10.5. The van der Waals surface area contributed by atoms with Crippen LogP contribution in [-0.4, -0.2) is 19.5 Å². The maximum atomic E-state index is 9.18. The summed E-state index contributed by atoms with van der Waals surface area (Å²) in [5.74, 6) is 0.0514. The van der Waals surface area contributed by atoms with Crippen molar-refractivity contribution < 1.29 is 5.11 Å². The van der Waals surface area contributed by atoms with Crippen molar-refractivity contribution in [2.45, 2.75) is 20.8 Å². The number of hydrogen-bond donors (Lipinski definition) is 1. The minimum atomic E-state index is 0.0514. The lowest BCUT2D eigenvalue weighted by Gasteiger charge is -1.99. The van der Waals surface area contributed by atoms with Crippen LogP contribution in [0.25, 0.3) is 5.65 Å². The highest BCUT2D eigenvalue weighted by Gasteiger charge is 2.01. The van der Waals surface area contributed by atoms with Gasteiger partial charge in [-0.3, -0.25) is 4.40 Å². The molecule has 70 valence electrons. The zero-order valence-corrected chi connectivity index (χ0v) is 8.02. The van der Waals surface area contributed by atoms with Crippen molar-refractivity contribution in [3.8, 4) is 5.88 Å². The van der Waals surface area contributed by atoms with E-state index in [9.17, 15) is 5.11 Å². The van der Waals surface area contributed by atoms with Gasteiger partial charge in [0.2, 0.25) is 5.88 Å². The van der Waals surface area contributed by atoms with Gasteiger partial charge in [0.15, 0.2) is 5.65 Å². The molecular weight excluding hydrogens is 166 g/mol. The molecule has 0 spiro atoms. The van der Waals surface area contributed by atoms with Crippen LogP contribution in [0.1, 0.15) is 19.5 Å². The first kappa shape index (κ1) is 9.51. The Kier molecular flexibility index (Phi) is 2.84. The zero-order chi connectivity index (χ0) is 9.84. The topological polar surface area (TPSA) is 50.4 Å². The van der Waals surface area contributed by atoms with Gasteiger partial charge in [-0.25, -0.2) is 9.97 Å². The Balaban J connectivity index is 0.000000396.